The van der Waals surface area contributed by atoms with E-state index in [4.69, 9.17) is 5.84 Å². The smallest absolute Gasteiger partial charge is 0.153 e. The first-order chi connectivity index (χ1) is 5.63. The molecule has 0 amide bonds. The van der Waals surface area contributed by atoms with E-state index in [2.05, 4.69) is 0 Å². The predicted octanol–water partition coefficient (Wildman–Crippen LogP) is 0.940. The first-order valence-corrected chi connectivity index (χ1v) is 4.68. The van der Waals surface area contributed by atoms with Crippen LogP contribution in [0.4, 0.5) is 0 Å². The molecule has 3 nitrogen and oxygen atoms in total. The first-order valence-electron chi connectivity index (χ1n) is 4.68. The van der Waals surface area contributed by atoms with E-state index in [0.717, 1.165) is 25.8 Å². The van der Waals surface area contributed by atoms with E-state index in [0.29, 0.717) is 0 Å². The summed E-state index contributed by atoms with van der Waals surface area (Å²) in [5.74, 6) is 6.13. The highest BCUT2D eigenvalue weighted by molar-refractivity contribution is 5.85. The molecular weight excluding hydrogens is 152 g/mol. The van der Waals surface area contributed by atoms with Crippen molar-refractivity contribution in [2.45, 2.75) is 39.2 Å². The fourth-order valence-electron chi connectivity index (χ4n) is 1.64. The molecule has 0 radical (unpaired) electrons. The van der Waals surface area contributed by atoms with E-state index in [1.807, 2.05) is 13.8 Å². The van der Waals surface area contributed by atoms with Gasteiger partial charge >= 0.3 is 0 Å². The largest absolute Gasteiger partial charge is 0.298 e. The average Bonchev–Trinajstić information content (AvgIpc) is 2.04. The number of carbonyl (C=O) groups is 1. The lowest BCUT2D eigenvalue weighted by molar-refractivity contribution is -0.128. The molecule has 1 heterocycles. The van der Waals surface area contributed by atoms with Gasteiger partial charge in [0.2, 0.25) is 0 Å². The van der Waals surface area contributed by atoms with Crippen molar-refractivity contribution in [2.24, 2.45) is 11.8 Å². The molecule has 0 aromatic rings. The van der Waals surface area contributed by atoms with E-state index < -0.39 is 0 Å². The molecule has 12 heavy (non-hydrogen) atoms. The zero-order valence-electron chi connectivity index (χ0n) is 7.92. The molecule has 1 rings (SSSR count). The molecule has 0 saturated carbocycles. The minimum absolute atomic E-state index is 0.0150. The third-order valence-corrected chi connectivity index (χ3v) is 2.44. The summed E-state index contributed by atoms with van der Waals surface area (Å²) in [6.45, 7) is 4.73. The number of ketones is 1. The fourth-order valence-corrected chi connectivity index (χ4v) is 1.64. The van der Waals surface area contributed by atoms with Crippen LogP contribution in [0.15, 0.2) is 0 Å². The highest BCUT2D eigenvalue weighted by Gasteiger charge is 2.27. The third kappa shape index (κ3) is 2.05. The molecule has 3 heteroatoms. The Bertz CT molecular complexity index is 168. The van der Waals surface area contributed by atoms with E-state index in [1.54, 1.807) is 5.01 Å². The van der Waals surface area contributed by atoms with Crippen molar-refractivity contribution in [1.29, 1.82) is 0 Å². The molecule has 2 N–H and O–H groups in total. The maximum absolute atomic E-state index is 11.6. The minimum atomic E-state index is -0.0150. The highest BCUT2D eigenvalue weighted by Crippen LogP contribution is 2.16. The molecule has 0 bridgehead atoms. The molecule has 0 spiro atoms. The molecule has 1 unspecified atom stereocenters. The van der Waals surface area contributed by atoms with E-state index in [9.17, 15) is 4.79 Å². The van der Waals surface area contributed by atoms with Crippen LogP contribution >= 0.6 is 0 Å². The van der Waals surface area contributed by atoms with Gasteiger partial charge in [-0.05, 0) is 12.8 Å². The summed E-state index contributed by atoms with van der Waals surface area (Å²) in [7, 11) is 0. The first kappa shape index (κ1) is 9.68. The van der Waals surface area contributed by atoms with Crippen molar-refractivity contribution < 1.29 is 4.79 Å². The van der Waals surface area contributed by atoms with Crippen molar-refractivity contribution in [2.75, 3.05) is 6.54 Å². The van der Waals surface area contributed by atoms with Gasteiger partial charge in [-0.3, -0.25) is 10.6 Å². The predicted molar refractivity (Wildman–Crippen MR) is 48.4 cm³/mol. The van der Waals surface area contributed by atoms with Crippen LogP contribution in [-0.4, -0.2) is 23.4 Å². The topological polar surface area (TPSA) is 46.3 Å². The zero-order chi connectivity index (χ0) is 9.14. The Morgan fingerprint density at radius 3 is 2.67 bits per heavy atom. The molecular formula is C9H18N2O. The number of piperidine rings is 1. The summed E-state index contributed by atoms with van der Waals surface area (Å²) in [5, 5.41) is 1.70. The Morgan fingerprint density at radius 2 is 2.17 bits per heavy atom. The lowest BCUT2D eigenvalue weighted by Crippen LogP contribution is -2.50. The molecule has 1 aliphatic rings. The van der Waals surface area contributed by atoms with Crippen LogP contribution in [0.3, 0.4) is 0 Å². The number of nitrogens with two attached hydrogens (primary N) is 1. The minimum Gasteiger partial charge on any atom is -0.298 e. The molecule has 1 fully saturated rings. The van der Waals surface area contributed by atoms with Crippen LogP contribution in [0, 0.1) is 5.92 Å². The number of Topliss-reactive ketones (excluding diaryl/α,β-unsaturated/α-hetero) is 1. The molecule has 0 aliphatic carbocycles. The van der Waals surface area contributed by atoms with Crippen molar-refractivity contribution in [3.63, 3.8) is 0 Å². The molecule has 1 saturated heterocycles. The second-order valence-corrected chi connectivity index (χ2v) is 3.81. The van der Waals surface area contributed by atoms with Crippen molar-refractivity contribution in [1.82, 2.24) is 5.01 Å². The fraction of sp³-hybridized carbons (Fsp3) is 0.889. The lowest BCUT2D eigenvalue weighted by atomic mass is 9.94. The Labute approximate surface area is 73.9 Å². The normalized spacial score (nSPS) is 26.2. The number of hydrogen-bond acceptors (Lipinski definition) is 3. The van der Waals surface area contributed by atoms with Crippen molar-refractivity contribution in [3.8, 4) is 0 Å². The average molecular weight is 170 g/mol. The van der Waals surface area contributed by atoms with Crippen LogP contribution < -0.4 is 5.84 Å². The number of hydrazine groups is 1. The Kier molecular flexibility index (Phi) is 3.23. The zero-order valence-corrected chi connectivity index (χ0v) is 7.92. The number of nitrogens with zero attached hydrogens (tertiary/aromatic N) is 1. The van der Waals surface area contributed by atoms with Crippen LogP contribution in [0.25, 0.3) is 0 Å². The highest BCUT2D eigenvalue weighted by atomic mass is 16.1. The summed E-state index contributed by atoms with van der Waals surface area (Å²) in [5.41, 5.74) is 0. The second kappa shape index (κ2) is 4.01. The van der Waals surface area contributed by atoms with Gasteiger partial charge < -0.3 is 0 Å². The van der Waals surface area contributed by atoms with Gasteiger partial charge in [-0.15, -0.1) is 0 Å². The van der Waals surface area contributed by atoms with Gasteiger partial charge in [0.1, 0.15) is 0 Å². The third-order valence-electron chi connectivity index (χ3n) is 2.44. The quantitative estimate of drug-likeness (QED) is 0.627. The molecule has 0 aromatic heterocycles. The van der Waals surface area contributed by atoms with E-state index in [1.165, 1.54) is 0 Å². The lowest BCUT2D eigenvalue weighted by Gasteiger charge is -2.31. The van der Waals surface area contributed by atoms with Gasteiger partial charge in [0, 0.05) is 12.5 Å². The monoisotopic (exact) mass is 170 g/mol. The van der Waals surface area contributed by atoms with Gasteiger partial charge in [0.05, 0.1) is 6.04 Å². The molecule has 1 atom stereocenters. The van der Waals surface area contributed by atoms with Gasteiger partial charge in [-0.25, -0.2) is 5.01 Å². The van der Waals surface area contributed by atoms with E-state index >= 15 is 0 Å². The Hall–Kier alpha value is -0.410. The Balaban J connectivity index is 2.53. The van der Waals surface area contributed by atoms with Crippen molar-refractivity contribution in [3.05, 3.63) is 0 Å². The summed E-state index contributed by atoms with van der Waals surface area (Å²) >= 11 is 0. The number of carbonyl (C=O) groups excluding carboxylic acids is 1. The van der Waals surface area contributed by atoms with Gasteiger partial charge in [0.25, 0.3) is 0 Å². The molecule has 70 valence electrons. The second-order valence-electron chi connectivity index (χ2n) is 3.81. The molecule has 0 aromatic carbocycles. The Morgan fingerprint density at radius 1 is 1.50 bits per heavy atom. The van der Waals surface area contributed by atoms with Gasteiger partial charge in [-0.2, -0.15) is 0 Å². The van der Waals surface area contributed by atoms with Crippen LogP contribution in [0.5, 0.6) is 0 Å². The summed E-state index contributed by atoms with van der Waals surface area (Å²) in [4.78, 5) is 11.6. The maximum Gasteiger partial charge on any atom is 0.153 e. The molecule has 1 aliphatic heterocycles. The summed E-state index contributed by atoms with van der Waals surface area (Å²) in [6.07, 6.45) is 3.20. The summed E-state index contributed by atoms with van der Waals surface area (Å²) < 4.78 is 0. The van der Waals surface area contributed by atoms with Crippen LogP contribution in [0.2, 0.25) is 0 Å². The standard InChI is InChI=1S/C9H18N2O/c1-7(2)9(12)8-5-3-4-6-11(8)10/h7-8H,3-6,10H2,1-2H3. The van der Waals surface area contributed by atoms with Gasteiger partial charge in [-0.1, -0.05) is 20.3 Å². The number of hydrogen-bond donors (Lipinski definition) is 1. The SMILES string of the molecule is CC(C)C(=O)C1CCCCN1N. The maximum atomic E-state index is 11.6. The van der Waals surface area contributed by atoms with E-state index in [-0.39, 0.29) is 17.7 Å². The van der Waals surface area contributed by atoms with Crippen LogP contribution in [0.1, 0.15) is 33.1 Å². The number of rotatable bonds is 2. The van der Waals surface area contributed by atoms with Crippen LogP contribution in [-0.2, 0) is 4.79 Å². The summed E-state index contributed by atoms with van der Waals surface area (Å²) in [6, 6.07) is -0.0150. The van der Waals surface area contributed by atoms with Gasteiger partial charge in [0.15, 0.2) is 5.78 Å². The van der Waals surface area contributed by atoms with Crippen molar-refractivity contribution >= 4 is 5.78 Å².